The topological polar surface area (TPSA) is 108 Å². The summed E-state index contributed by atoms with van der Waals surface area (Å²) >= 11 is 0. The second kappa shape index (κ2) is 12.9. The van der Waals surface area contributed by atoms with Gasteiger partial charge in [-0.1, -0.05) is 42.0 Å². The van der Waals surface area contributed by atoms with Crippen LogP contribution in [0.1, 0.15) is 44.9 Å². The molecule has 4 rings (SSSR count). The Hall–Kier alpha value is -4.00. The van der Waals surface area contributed by atoms with E-state index in [1.807, 2.05) is 37.8 Å². The number of sulfone groups is 1. The molecule has 0 aliphatic carbocycles. The van der Waals surface area contributed by atoms with Crippen LogP contribution < -0.4 is 0 Å². The van der Waals surface area contributed by atoms with Gasteiger partial charge in [-0.15, -0.1) is 0 Å². The van der Waals surface area contributed by atoms with E-state index in [0.717, 1.165) is 46.0 Å². The van der Waals surface area contributed by atoms with Crippen molar-refractivity contribution < 1.29 is 45.4 Å². The lowest BCUT2D eigenvalue weighted by molar-refractivity contribution is -0.153. The molecule has 0 amide bonds. The number of aliphatic hydroxyl groups is 1. The number of hydrogen-bond donors (Lipinski definition) is 2. The maximum atomic E-state index is 14.8. The molecule has 2 N–H and O–H groups in total. The molecular formula is C32H31F4NO6S. The number of alkyl halides is 3. The molecule has 0 bridgehead atoms. The summed E-state index contributed by atoms with van der Waals surface area (Å²) in [4.78, 5) is 12.4. The van der Waals surface area contributed by atoms with Crippen molar-refractivity contribution in [3.63, 3.8) is 0 Å². The molecule has 0 aliphatic rings. The van der Waals surface area contributed by atoms with Crippen LogP contribution in [0.5, 0.6) is 0 Å². The molecule has 3 aromatic carbocycles. The fourth-order valence-corrected chi connectivity index (χ4v) is 6.52. The zero-order chi connectivity index (χ0) is 32.4. The number of rotatable bonds is 11. The first-order valence-corrected chi connectivity index (χ1v) is 15.1. The van der Waals surface area contributed by atoms with E-state index in [4.69, 9.17) is 9.52 Å². The average molecular weight is 634 g/mol. The van der Waals surface area contributed by atoms with E-state index in [1.165, 1.54) is 6.07 Å². The zero-order valence-electron chi connectivity index (χ0n) is 24.2. The van der Waals surface area contributed by atoms with Crippen LogP contribution in [0.25, 0.3) is 11.1 Å². The Bertz CT molecular complexity index is 1760. The van der Waals surface area contributed by atoms with E-state index in [1.54, 1.807) is 24.3 Å². The first-order valence-electron chi connectivity index (χ1n) is 13.5. The molecule has 0 fully saturated rings. The van der Waals surface area contributed by atoms with Crippen LogP contribution in [0.2, 0.25) is 0 Å². The van der Waals surface area contributed by atoms with E-state index in [9.17, 15) is 35.9 Å². The van der Waals surface area contributed by atoms with Crippen LogP contribution in [-0.4, -0.2) is 35.3 Å². The first-order chi connectivity index (χ1) is 20.6. The lowest BCUT2D eigenvalue weighted by atomic mass is 9.99. The highest BCUT2D eigenvalue weighted by Crippen LogP contribution is 2.32. The summed E-state index contributed by atoms with van der Waals surface area (Å²) in [6, 6.07) is 15.2. The first kappa shape index (κ1) is 32.9. The van der Waals surface area contributed by atoms with Crippen molar-refractivity contribution in [1.82, 2.24) is 4.90 Å². The number of aryl methyl sites for hydroxylation is 3. The molecule has 0 atom stereocenters. The third-order valence-electron chi connectivity index (χ3n) is 7.20. The third-order valence-corrected chi connectivity index (χ3v) is 8.86. The Kier molecular flexibility index (Phi) is 9.67. The number of aliphatic hydroxyl groups excluding tert-OH is 1. The van der Waals surface area contributed by atoms with Crippen molar-refractivity contribution in [1.29, 1.82) is 0 Å². The van der Waals surface area contributed by atoms with Gasteiger partial charge in [0, 0.05) is 18.7 Å². The number of benzene rings is 3. The predicted molar refractivity (Wildman–Crippen MR) is 155 cm³/mol. The Morgan fingerprint density at radius 3 is 2.05 bits per heavy atom. The van der Waals surface area contributed by atoms with E-state index < -0.39 is 56.4 Å². The van der Waals surface area contributed by atoms with Crippen LogP contribution in [0.4, 0.5) is 17.6 Å². The molecule has 1 heterocycles. The van der Waals surface area contributed by atoms with Crippen LogP contribution in [-0.2, 0) is 47.0 Å². The van der Waals surface area contributed by atoms with Gasteiger partial charge in [0.05, 0.1) is 18.0 Å². The van der Waals surface area contributed by atoms with Gasteiger partial charge in [-0.2, -0.15) is 13.2 Å². The number of carbonyl (C=O) groups is 1. The second-order valence-corrected chi connectivity index (χ2v) is 12.7. The number of halogens is 4. The molecule has 234 valence electrons. The van der Waals surface area contributed by atoms with Gasteiger partial charge in [-0.3, -0.25) is 9.69 Å². The number of hydrogen-bond acceptors (Lipinski definition) is 6. The Morgan fingerprint density at radius 1 is 0.864 bits per heavy atom. The molecule has 0 spiro atoms. The quantitative estimate of drug-likeness (QED) is 0.180. The lowest BCUT2D eigenvalue weighted by Crippen LogP contribution is -2.23. The van der Waals surface area contributed by atoms with Gasteiger partial charge in [0.25, 0.3) is 0 Å². The summed E-state index contributed by atoms with van der Waals surface area (Å²) in [7, 11) is -4.44. The monoisotopic (exact) mass is 633 g/mol. The standard InChI is InChI=1S/C32H31F4NO6S/c1-19-10-20(2)26(21(3)11-19)16-37(15-25-8-9-30(43-25)32(34,35)36)14-22-4-6-23(7-5-22)24-12-28(33)27(17-38)29(13-24)44(41,42)18-31(39)40/h4-13,38H,14-18H2,1-3H3,(H,39,40). The molecule has 1 aromatic heterocycles. The summed E-state index contributed by atoms with van der Waals surface area (Å²) < 4.78 is 84.7. The highest BCUT2D eigenvalue weighted by molar-refractivity contribution is 7.92. The van der Waals surface area contributed by atoms with Gasteiger partial charge < -0.3 is 14.6 Å². The van der Waals surface area contributed by atoms with Crippen LogP contribution in [0.3, 0.4) is 0 Å². The molecule has 12 heteroatoms. The number of furan rings is 1. The fourth-order valence-electron chi connectivity index (χ4n) is 5.20. The SMILES string of the molecule is Cc1cc(C)c(CN(Cc2ccc(-c3cc(F)c(CO)c(S(=O)(=O)CC(=O)O)c3)cc2)Cc2ccc(C(F)(F)F)o2)c(C)c1. The molecule has 0 radical (unpaired) electrons. The van der Waals surface area contributed by atoms with E-state index in [-0.39, 0.29) is 17.9 Å². The van der Waals surface area contributed by atoms with Gasteiger partial charge >= 0.3 is 12.1 Å². The lowest BCUT2D eigenvalue weighted by Gasteiger charge is -2.24. The molecular weight excluding hydrogens is 602 g/mol. The largest absolute Gasteiger partial charge is 0.480 e. The number of aliphatic carboxylic acids is 1. The number of carboxylic acid groups (broad SMARTS) is 1. The molecule has 0 saturated carbocycles. The molecule has 7 nitrogen and oxygen atoms in total. The Balaban J connectivity index is 1.65. The highest BCUT2D eigenvalue weighted by Gasteiger charge is 2.35. The van der Waals surface area contributed by atoms with Crippen molar-refractivity contribution in [2.24, 2.45) is 0 Å². The van der Waals surface area contributed by atoms with E-state index >= 15 is 0 Å². The van der Waals surface area contributed by atoms with Gasteiger partial charge in [0.2, 0.25) is 5.76 Å². The van der Waals surface area contributed by atoms with E-state index in [2.05, 4.69) is 0 Å². The fraction of sp³-hybridized carbons (Fsp3) is 0.281. The summed E-state index contributed by atoms with van der Waals surface area (Å²) in [6.45, 7) is 5.81. The van der Waals surface area contributed by atoms with Crippen molar-refractivity contribution >= 4 is 15.8 Å². The number of carboxylic acids is 1. The van der Waals surface area contributed by atoms with Crippen LogP contribution in [0.15, 0.2) is 70.0 Å². The Morgan fingerprint density at radius 2 is 1.50 bits per heavy atom. The van der Waals surface area contributed by atoms with Gasteiger partial charge in [-0.05, 0) is 78.4 Å². The highest BCUT2D eigenvalue weighted by atomic mass is 32.2. The smallest absolute Gasteiger partial charge is 0.449 e. The summed E-state index contributed by atoms with van der Waals surface area (Å²) in [5.41, 5.74) is 5.05. The second-order valence-electron chi connectivity index (χ2n) is 10.7. The van der Waals surface area contributed by atoms with Crippen molar-refractivity contribution in [3.8, 4) is 11.1 Å². The maximum absolute atomic E-state index is 14.8. The minimum Gasteiger partial charge on any atom is -0.480 e. The molecule has 4 aromatic rings. The summed E-state index contributed by atoms with van der Waals surface area (Å²) in [5, 5.41) is 18.6. The predicted octanol–water partition coefficient (Wildman–Crippen LogP) is 6.58. The maximum Gasteiger partial charge on any atom is 0.449 e. The molecule has 0 aliphatic heterocycles. The number of nitrogens with zero attached hydrogens (tertiary/aromatic N) is 1. The normalized spacial score (nSPS) is 12.2. The van der Waals surface area contributed by atoms with Gasteiger partial charge in [0.1, 0.15) is 11.6 Å². The minimum atomic E-state index is -4.61. The van der Waals surface area contributed by atoms with Crippen molar-refractivity contribution in [2.45, 2.75) is 58.1 Å². The van der Waals surface area contributed by atoms with Gasteiger partial charge in [0.15, 0.2) is 15.6 Å². The van der Waals surface area contributed by atoms with Gasteiger partial charge in [-0.25, -0.2) is 12.8 Å². The molecule has 0 saturated heterocycles. The van der Waals surface area contributed by atoms with Crippen LogP contribution in [0, 0.1) is 26.6 Å². The zero-order valence-corrected chi connectivity index (χ0v) is 25.0. The minimum absolute atomic E-state index is 0.0865. The van der Waals surface area contributed by atoms with E-state index in [0.29, 0.717) is 18.7 Å². The van der Waals surface area contributed by atoms with Crippen molar-refractivity contribution in [2.75, 3.05) is 5.75 Å². The third kappa shape index (κ3) is 7.74. The van der Waals surface area contributed by atoms with Crippen molar-refractivity contribution in [3.05, 3.63) is 111 Å². The summed E-state index contributed by atoms with van der Waals surface area (Å²) in [6.07, 6.45) is -4.61. The average Bonchev–Trinajstić information content (AvgIpc) is 3.39. The summed E-state index contributed by atoms with van der Waals surface area (Å²) in [5.74, 6) is -4.81. The van der Waals surface area contributed by atoms with Crippen LogP contribution >= 0.6 is 0 Å². The molecule has 44 heavy (non-hydrogen) atoms. The Labute approximate surface area is 252 Å². The molecule has 0 unspecified atom stereocenters.